The molecule has 0 saturated heterocycles. The standard InChI is InChI=1S/C11H24O3/c1-7(12)6-10(8(2)13)11(4,5)9(3)14/h7-10,12-14H,6H2,1-5H3. The summed E-state index contributed by atoms with van der Waals surface area (Å²) in [4.78, 5) is 0. The summed E-state index contributed by atoms with van der Waals surface area (Å²) < 4.78 is 0. The van der Waals surface area contributed by atoms with E-state index in [1.54, 1.807) is 20.8 Å². The van der Waals surface area contributed by atoms with Crippen molar-refractivity contribution in [2.75, 3.05) is 0 Å². The van der Waals surface area contributed by atoms with Crippen LogP contribution in [-0.2, 0) is 0 Å². The minimum absolute atomic E-state index is 0.0949. The third-order valence-electron chi connectivity index (χ3n) is 3.21. The Kier molecular flexibility index (Phi) is 5.06. The van der Waals surface area contributed by atoms with E-state index < -0.39 is 18.3 Å². The van der Waals surface area contributed by atoms with Crippen molar-refractivity contribution in [3.05, 3.63) is 0 Å². The van der Waals surface area contributed by atoms with Crippen LogP contribution in [0.1, 0.15) is 41.0 Å². The molecule has 0 aromatic carbocycles. The molecule has 0 aliphatic carbocycles. The molecule has 4 atom stereocenters. The van der Waals surface area contributed by atoms with E-state index in [4.69, 9.17) is 0 Å². The van der Waals surface area contributed by atoms with Crippen LogP contribution in [0.25, 0.3) is 0 Å². The van der Waals surface area contributed by atoms with Gasteiger partial charge in [0.05, 0.1) is 18.3 Å². The Labute approximate surface area is 86.8 Å². The highest BCUT2D eigenvalue weighted by atomic mass is 16.3. The fourth-order valence-corrected chi connectivity index (χ4v) is 1.80. The summed E-state index contributed by atoms with van der Waals surface area (Å²) in [5.41, 5.74) is -0.384. The summed E-state index contributed by atoms with van der Waals surface area (Å²) in [6.45, 7) is 8.96. The maximum Gasteiger partial charge on any atom is 0.0566 e. The van der Waals surface area contributed by atoms with Gasteiger partial charge in [0.25, 0.3) is 0 Å². The van der Waals surface area contributed by atoms with E-state index in [9.17, 15) is 15.3 Å². The Morgan fingerprint density at radius 2 is 1.43 bits per heavy atom. The normalized spacial score (nSPS) is 21.4. The molecule has 0 amide bonds. The largest absolute Gasteiger partial charge is 0.393 e. The van der Waals surface area contributed by atoms with E-state index in [2.05, 4.69) is 0 Å². The van der Waals surface area contributed by atoms with Crippen LogP contribution in [0.4, 0.5) is 0 Å². The second kappa shape index (κ2) is 5.10. The highest BCUT2D eigenvalue weighted by Crippen LogP contribution is 2.36. The number of rotatable bonds is 5. The molecule has 3 heteroatoms. The predicted molar refractivity (Wildman–Crippen MR) is 56.9 cm³/mol. The maximum absolute atomic E-state index is 9.62. The van der Waals surface area contributed by atoms with E-state index in [1.807, 2.05) is 13.8 Å². The first-order chi connectivity index (χ1) is 6.19. The Bertz CT molecular complexity index is 162. The molecule has 0 aliphatic rings. The highest BCUT2D eigenvalue weighted by molar-refractivity contribution is 4.86. The molecule has 0 spiro atoms. The lowest BCUT2D eigenvalue weighted by atomic mass is 9.70. The number of aliphatic hydroxyl groups excluding tert-OH is 3. The van der Waals surface area contributed by atoms with Crippen molar-refractivity contribution in [2.24, 2.45) is 11.3 Å². The van der Waals surface area contributed by atoms with Gasteiger partial charge >= 0.3 is 0 Å². The zero-order valence-corrected chi connectivity index (χ0v) is 9.86. The highest BCUT2D eigenvalue weighted by Gasteiger charge is 2.37. The zero-order chi connectivity index (χ0) is 11.5. The van der Waals surface area contributed by atoms with Crippen molar-refractivity contribution < 1.29 is 15.3 Å². The second-order valence-electron chi connectivity index (χ2n) is 4.93. The smallest absolute Gasteiger partial charge is 0.0566 e. The first kappa shape index (κ1) is 13.9. The molecule has 0 heterocycles. The summed E-state index contributed by atoms with van der Waals surface area (Å²) >= 11 is 0. The van der Waals surface area contributed by atoms with Crippen LogP contribution in [0.2, 0.25) is 0 Å². The third kappa shape index (κ3) is 3.56. The van der Waals surface area contributed by atoms with E-state index in [0.717, 1.165) is 0 Å². The number of hydrogen-bond acceptors (Lipinski definition) is 3. The maximum atomic E-state index is 9.62. The molecule has 0 radical (unpaired) electrons. The average Bonchev–Trinajstić information content (AvgIpc) is 1.98. The summed E-state index contributed by atoms with van der Waals surface area (Å²) in [6.07, 6.45) is -0.960. The molecule has 0 aromatic heterocycles. The summed E-state index contributed by atoms with van der Waals surface area (Å²) in [5.74, 6) is -0.0949. The Morgan fingerprint density at radius 1 is 1.00 bits per heavy atom. The molecule has 0 aliphatic heterocycles. The zero-order valence-electron chi connectivity index (χ0n) is 9.86. The topological polar surface area (TPSA) is 60.7 Å². The van der Waals surface area contributed by atoms with E-state index in [-0.39, 0.29) is 11.3 Å². The molecule has 3 N–H and O–H groups in total. The lowest BCUT2D eigenvalue weighted by molar-refractivity contribution is -0.0500. The molecular formula is C11H24O3. The van der Waals surface area contributed by atoms with Crippen LogP contribution < -0.4 is 0 Å². The van der Waals surface area contributed by atoms with Crippen molar-refractivity contribution in [1.82, 2.24) is 0 Å². The van der Waals surface area contributed by atoms with Crippen LogP contribution in [0.5, 0.6) is 0 Å². The van der Waals surface area contributed by atoms with E-state index in [1.165, 1.54) is 0 Å². The van der Waals surface area contributed by atoms with Crippen LogP contribution in [0, 0.1) is 11.3 Å². The first-order valence-corrected chi connectivity index (χ1v) is 5.23. The van der Waals surface area contributed by atoms with E-state index >= 15 is 0 Å². The Hall–Kier alpha value is -0.120. The van der Waals surface area contributed by atoms with Crippen molar-refractivity contribution in [2.45, 2.75) is 59.4 Å². The number of hydrogen-bond donors (Lipinski definition) is 3. The molecule has 0 saturated carbocycles. The van der Waals surface area contributed by atoms with Crippen molar-refractivity contribution in [3.8, 4) is 0 Å². The van der Waals surface area contributed by atoms with Crippen molar-refractivity contribution in [3.63, 3.8) is 0 Å². The van der Waals surface area contributed by atoms with Gasteiger partial charge in [0.1, 0.15) is 0 Å². The van der Waals surface area contributed by atoms with Crippen LogP contribution >= 0.6 is 0 Å². The predicted octanol–water partition coefficient (Wildman–Crippen LogP) is 1.16. The third-order valence-corrected chi connectivity index (χ3v) is 3.21. The van der Waals surface area contributed by atoms with Gasteiger partial charge in [-0.25, -0.2) is 0 Å². The molecule has 0 bridgehead atoms. The van der Waals surface area contributed by atoms with Crippen LogP contribution in [-0.4, -0.2) is 33.6 Å². The van der Waals surface area contributed by atoms with Gasteiger partial charge in [-0.3, -0.25) is 0 Å². The van der Waals surface area contributed by atoms with E-state index in [0.29, 0.717) is 6.42 Å². The van der Waals surface area contributed by atoms with Gasteiger partial charge in [-0.1, -0.05) is 13.8 Å². The molecule has 14 heavy (non-hydrogen) atoms. The van der Waals surface area contributed by atoms with Gasteiger partial charge < -0.3 is 15.3 Å². The minimum Gasteiger partial charge on any atom is -0.393 e. The van der Waals surface area contributed by atoms with Crippen LogP contribution in [0.15, 0.2) is 0 Å². The molecule has 3 nitrogen and oxygen atoms in total. The van der Waals surface area contributed by atoms with Gasteiger partial charge in [-0.2, -0.15) is 0 Å². The summed E-state index contributed by atoms with van der Waals surface area (Å²) in [7, 11) is 0. The molecule has 0 aromatic rings. The molecule has 0 fully saturated rings. The quantitative estimate of drug-likeness (QED) is 0.630. The van der Waals surface area contributed by atoms with Gasteiger partial charge in [-0.05, 0) is 38.5 Å². The Balaban J connectivity index is 4.64. The second-order valence-corrected chi connectivity index (χ2v) is 4.93. The van der Waals surface area contributed by atoms with Gasteiger partial charge in [-0.15, -0.1) is 0 Å². The van der Waals surface area contributed by atoms with Crippen molar-refractivity contribution >= 4 is 0 Å². The molecular weight excluding hydrogens is 180 g/mol. The molecule has 4 unspecified atom stereocenters. The van der Waals surface area contributed by atoms with Gasteiger partial charge in [0, 0.05) is 0 Å². The fraction of sp³-hybridized carbons (Fsp3) is 1.00. The van der Waals surface area contributed by atoms with Gasteiger partial charge in [0.2, 0.25) is 0 Å². The first-order valence-electron chi connectivity index (χ1n) is 5.23. The minimum atomic E-state index is -0.519. The summed E-state index contributed by atoms with van der Waals surface area (Å²) in [5, 5.41) is 28.6. The lowest BCUT2D eigenvalue weighted by Gasteiger charge is -2.39. The SMILES string of the molecule is CC(O)CC(C(C)O)C(C)(C)C(C)O. The fourth-order valence-electron chi connectivity index (χ4n) is 1.80. The summed E-state index contributed by atoms with van der Waals surface area (Å²) in [6, 6.07) is 0. The monoisotopic (exact) mass is 204 g/mol. The van der Waals surface area contributed by atoms with Crippen LogP contribution in [0.3, 0.4) is 0 Å². The molecule has 86 valence electrons. The molecule has 0 rings (SSSR count). The lowest BCUT2D eigenvalue weighted by Crippen LogP contribution is -2.41. The van der Waals surface area contributed by atoms with Crippen molar-refractivity contribution in [1.29, 1.82) is 0 Å². The Morgan fingerprint density at radius 3 is 1.64 bits per heavy atom. The number of aliphatic hydroxyl groups is 3. The average molecular weight is 204 g/mol. The van der Waals surface area contributed by atoms with Gasteiger partial charge in [0.15, 0.2) is 0 Å².